The molecular formula is C23H29N5O2. The molecule has 7 nitrogen and oxygen atoms in total. The molecule has 0 radical (unpaired) electrons. The van der Waals surface area contributed by atoms with Gasteiger partial charge in [-0.05, 0) is 55.0 Å². The zero-order valence-electron chi connectivity index (χ0n) is 17.7. The number of carbonyl (C=O) groups excluding carboxylic acids is 2. The number of aryl methyl sites for hydroxylation is 1. The number of nitrogens with one attached hydrogen (secondary N) is 1. The predicted molar refractivity (Wildman–Crippen MR) is 117 cm³/mol. The van der Waals surface area contributed by atoms with E-state index in [-0.39, 0.29) is 5.91 Å². The van der Waals surface area contributed by atoms with Crippen LogP contribution in [-0.4, -0.2) is 59.8 Å². The Kier molecular flexibility index (Phi) is 5.99. The van der Waals surface area contributed by atoms with Crippen molar-refractivity contribution >= 4 is 23.7 Å². The summed E-state index contributed by atoms with van der Waals surface area (Å²) in [4.78, 5) is 32.1. The molecule has 1 N–H and O–H groups in total. The van der Waals surface area contributed by atoms with Crippen LogP contribution in [0.15, 0.2) is 36.5 Å². The fourth-order valence-electron chi connectivity index (χ4n) is 4.50. The maximum absolute atomic E-state index is 11.9. The van der Waals surface area contributed by atoms with Crippen LogP contribution in [0.4, 0.5) is 11.4 Å². The number of amides is 2. The Balaban J connectivity index is 1.42. The van der Waals surface area contributed by atoms with E-state index in [9.17, 15) is 9.59 Å². The minimum absolute atomic E-state index is 0.165. The lowest BCUT2D eigenvalue weighted by Crippen LogP contribution is -2.49. The maximum atomic E-state index is 11.9. The molecule has 2 amide bonds. The molecule has 2 aliphatic rings. The number of benzene rings is 1. The third-order valence-electron chi connectivity index (χ3n) is 6.11. The summed E-state index contributed by atoms with van der Waals surface area (Å²) in [6.07, 6.45) is 4.54. The third kappa shape index (κ3) is 4.46. The van der Waals surface area contributed by atoms with E-state index in [0.29, 0.717) is 5.92 Å². The predicted octanol–water partition coefficient (Wildman–Crippen LogP) is 2.26. The standard InChI is InChI=1S/C23H29N5O2/c1-17-6-7-21(14-24-17)25-28(16-29)23-5-3-4-20-12-19(13-22(20)23)15-26-8-10-27(11-9-26)18(2)30/h3-7,14,16,19,25H,8-13,15H2,1-2H3. The summed E-state index contributed by atoms with van der Waals surface area (Å²) in [5, 5.41) is 1.55. The first-order valence-electron chi connectivity index (χ1n) is 10.6. The van der Waals surface area contributed by atoms with Crippen molar-refractivity contribution in [3.05, 3.63) is 53.3 Å². The summed E-state index contributed by atoms with van der Waals surface area (Å²) in [5.41, 5.74) is 8.35. The molecule has 1 aromatic heterocycles. The van der Waals surface area contributed by atoms with Crippen LogP contribution in [0.25, 0.3) is 0 Å². The van der Waals surface area contributed by atoms with Crippen LogP contribution in [0.2, 0.25) is 0 Å². The highest BCUT2D eigenvalue weighted by atomic mass is 16.2. The molecule has 1 unspecified atom stereocenters. The first-order chi connectivity index (χ1) is 14.5. The van der Waals surface area contributed by atoms with Crippen molar-refractivity contribution < 1.29 is 9.59 Å². The van der Waals surface area contributed by atoms with Crippen molar-refractivity contribution in [2.45, 2.75) is 26.7 Å². The minimum atomic E-state index is 0.165. The van der Waals surface area contributed by atoms with Gasteiger partial charge >= 0.3 is 0 Å². The van der Waals surface area contributed by atoms with E-state index in [2.05, 4.69) is 21.4 Å². The molecule has 1 atom stereocenters. The second-order valence-corrected chi connectivity index (χ2v) is 8.27. The van der Waals surface area contributed by atoms with Crippen LogP contribution >= 0.6 is 0 Å². The van der Waals surface area contributed by atoms with Gasteiger partial charge in [-0.3, -0.25) is 24.9 Å². The van der Waals surface area contributed by atoms with Crippen LogP contribution in [0, 0.1) is 12.8 Å². The number of hydrogen-bond acceptors (Lipinski definition) is 5. The van der Waals surface area contributed by atoms with Gasteiger partial charge in [0.2, 0.25) is 12.3 Å². The van der Waals surface area contributed by atoms with E-state index in [1.165, 1.54) is 11.1 Å². The lowest BCUT2D eigenvalue weighted by molar-refractivity contribution is -0.130. The van der Waals surface area contributed by atoms with Crippen LogP contribution in [-0.2, 0) is 22.4 Å². The number of rotatable bonds is 6. The summed E-state index contributed by atoms with van der Waals surface area (Å²) in [5.74, 6) is 0.692. The molecule has 4 rings (SSSR count). The van der Waals surface area contributed by atoms with Gasteiger partial charge in [0.05, 0.1) is 17.6 Å². The van der Waals surface area contributed by atoms with Gasteiger partial charge in [0.15, 0.2) is 0 Å². The fourth-order valence-corrected chi connectivity index (χ4v) is 4.50. The van der Waals surface area contributed by atoms with Crippen LogP contribution < -0.4 is 10.4 Å². The molecule has 1 aromatic carbocycles. The number of hydrogen-bond donors (Lipinski definition) is 1. The molecule has 1 aliphatic carbocycles. The first-order valence-corrected chi connectivity index (χ1v) is 10.6. The Labute approximate surface area is 177 Å². The van der Waals surface area contributed by atoms with Crippen LogP contribution in [0.3, 0.4) is 0 Å². The van der Waals surface area contributed by atoms with Gasteiger partial charge < -0.3 is 4.90 Å². The molecule has 1 aliphatic heterocycles. The molecule has 2 aromatic rings. The van der Waals surface area contributed by atoms with Gasteiger partial charge in [-0.15, -0.1) is 0 Å². The number of fused-ring (bicyclic) bond motifs is 1. The van der Waals surface area contributed by atoms with E-state index in [4.69, 9.17) is 0 Å². The number of hydrazine groups is 1. The zero-order valence-corrected chi connectivity index (χ0v) is 17.7. The van der Waals surface area contributed by atoms with Crippen LogP contribution in [0.5, 0.6) is 0 Å². The second-order valence-electron chi connectivity index (χ2n) is 8.27. The Morgan fingerprint density at radius 3 is 2.67 bits per heavy atom. The Morgan fingerprint density at radius 1 is 1.20 bits per heavy atom. The smallest absolute Gasteiger partial charge is 0.232 e. The summed E-state index contributed by atoms with van der Waals surface area (Å²) in [7, 11) is 0. The average Bonchev–Trinajstić information content (AvgIpc) is 3.16. The number of pyridine rings is 1. The van der Waals surface area contributed by atoms with Gasteiger partial charge in [0.1, 0.15) is 0 Å². The van der Waals surface area contributed by atoms with Crippen molar-refractivity contribution in [3.63, 3.8) is 0 Å². The number of anilines is 2. The van der Waals surface area contributed by atoms with Gasteiger partial charge in [0, 0.05) is 45.3 Å². The normalized spacial score (nSPS) is 18.7. The molecule has 2 heterocycles. The molecule has 1 saturated heterocycles. The molecule has 0 saturated carbocycles. The summed E-state index contributed by atoms with van der Waals surface area (Å²) in [6, 6.07) is 10.0. The molecule has 7 heteroatoms. The SMILES string of the molecule is CC(=O)N1CCN(CC2Cc3cccc(N(C=O)Nc4ccc(C)nc4)c3C2)CC1. The first kappa shape index (κ1) is 20.3. The molecule has 30 heavy (non-hydrogen) atoms. The van der Waals surface area contributed by atoms with Gasteiger partial charge in [-0.2, -0.15) is 0 Å². The van der Waals surface area contributed by atoms with Crippen molar-refractivity contribution in [1.29, 1.82) is 0 Å². The topological polar surface area (TPSA) is 68.8 Å². The molecule has 1 fully saturated rings. The number of nitrogens with zero attached hydrogens (tertiary/aromatic N) is 4. The van der Waals surface area contributed by atoms with Crippen molar-refractivity contribution in [1.82, 2.24) is 14.8 Å². The van der Waals surface area contributed by atoms with E-state index in [0.717, 1.165) is 69.0 Å². The zero-order chi connectivity index (χ0) is 21.1. The highest BCUT2D eigenvalue weighted by molar-refractivity contribution is 5.81. The average molecular weight is 408 g/mol. The fraction of sp³-hybridized carbons (Fsp3) is 0.435. The van der Waals surface area contributed by atoms with Gasteiger partial charge in [-0.25, -0.2) is 5.01 Å². The van der Waals surface area contributed by atoms with Crippen molar-refractivity contribution in [2.75, 3.05) is 43.2 Å². The largest absolute Gasteiger partial charge is 0.340 e. The molecular weight excluding hydrogens is 378 g/mol. The Morgan fingerprint density at radius 2 is 2.00 bits per heavy atom. The second kappa shape index (κ2) is 8.83. The monoisotopic (exact) mass is 407 g/mol. The Bertz CT molecular complexity index is 906. The molecule has 158 valence electrons. The van der Waals surface area contributed by atoms with E-state index in [1.807, 2.05) is 36.1 Å². The minimum Gasteiger partial charge on any atom is -0.340 e. The highest BCUT2D eigenvalue weighted by Gasteiger charge is 2.28. The quantitative estimate of drug-likeness (QED) is 0.588. The van der Waals surface area contributed by atoms with Gasteiger partial charge in [0.25, 0.3) is 0 Å². The Hall–Kier alpha value is -2.93. The third-order valence-corrected chi connectivity index (χ3v) is 6.11. The summed E-state index contributed by atoms with van der Waals surface area (Å²) >= 11 is 0. The van der Waals surface area contributed by atoms with Gasteiger partial charge in [-0.1, -0.05) is 12.1 Å². The van der Waals surface area contributed by atoms with Crippen molar-refractivity contribution in [3.8, 4) is 0 Å². The highest BCUT2D eigenvalue weighted by Crippen LogP contribution is 2.34. The number of carbonyl (C=O) groups is 2. The summed E-state index contributed by atoms with van der Waals surface area (Å²) in [6.45, 7) is 8.09. The van der Waals surface area contributed by atoms with Crippen molar-refractivity contribution in [2.24, 2.45) is 5.92 Å². The van der Waals surface area contributed by atoms with E-state index in [1.54, 1.807) is 18.1 Å². The maximum Gasteiger partial charge on any atom is 0.232 e. The molecule has 0 bridgehead atoms. The van der Waals surface area contributed by atoms with E-state index >= 15 is 0 Å². The summed E-state index contributed by atoms with van der Waals surface area (Å²) < 4.78 is 0. The molecule has 0 spiro atoms. The van der Waals surface area contributed by atoms with E-state index < -0.39 is 0 Å². The number of piperazine rings is 1. The lowest BCUT2D eigenvalue weighted by Gasteiger charge is -2.35. The number of aromatic nitrogens is 1. The lowest BCUT2D eigenvalue weighted by atomic mass is 10.1. The van der Waals surface area contributed by atoms with Crippen LogP contribution in [0.1, 0.15) is 23.7 Å².